The number of nitrogens with one attached hydrogen (secondary N) is 1. The molecule has 2 unspecified atom stereocenters. The van der Waals surface area contributed by atoms with Gasteiger partial charge in [0.2, 0.25) is 10.0 Å². The average molecular weight is 483 g/mol. The van der Waals surface area contributed by atoms with Crippen LogP contribution in [0.4, 0.5) is 5.69 Å². The second kappa shape index (κ2) is 11.3. The summed E-state index contributed by atoms with van der Waals surface area (Å²) in [5.74, 6) is -0.892. The Hall–Kier alpha value is -2.62. The summed E-state index contributed by atoms with van der Waals surface area (Å²) >= 11 is 6.14. The Bertz CT molecular complexity index is 1040. The molecule has 2 rings (SSSR count). The molecule has 0 spiro atoms. The number of anilines is 1. The molecule has 0 aliphatic carbocycles. The fourth-order valence-electron chi connectivity index (χ4n) is 2.78. The standard InChI is InChI=1S/C22H27ClN2O6S/c1-5-25(6-2)32(28,29)18-12-13-19(23)20(14-18)24-21(26)15(3)31-22(27)16(4)30-17-10-8-7-9-11-17/h7-16H,5-6H2,1-4H3,(H,24,26). The highest BCUT2D eigenvalue weighted by atomic mass is 35.5. The highest BCUT2D eigenvalue weighted by molar-refractivity contribution is 7.89. The molecule has 0 radical (unpaired) electrons. The number of nitrogens with zero attached hydrogens (tertiary/aromatic N) is 1. The van der Waals surface area contributed by atoms with E-state index in [2.05, 4.69) is 5.32 Å². The van der Waals surface area contributed by atoms with E-state index in [9.17, 15) is 18.0 Å². The molecular weight excluding hydrogens is 456 g/mol. The molecule has 1 amide bonds. The Labute approximate surface area is 193 Å². The molecule has 2 aromatic rings. The van der Waals surface area contributed by atoms with E-state index < -0.39 is 34.1 Å². The molecule has 0 saturated heterocycles. The molecule has 0 fully saturated rings. The van der Waals surface area contributed by atoms with Crippen molar-refractivity contribution >= 4 is 39.2 Å². The van der Waals surface area contributed by atoms with Crippen molar-refractivity contribution in [3.8, 4) is 5.75 Å². The van der Waals surface area contributed by atoms with Crippen molar-refractivity contribution in [1.29, 1.82) is 0 Å². The van der Waals surface area contributed by atoms with Crippen molar-refractivity contribution in [3.63, 3.8) is 0 Å². The molecular formula is C22H27ClN2O6S. The number of amides is 1. The predicted molar refractivity (Wildman–Crippen MR) is 122 cm³/mol. The zero-order valence-electron chi connectivity index (χ0n) is 18.4. The van der Waals surface area contributed by atoms with Crippen LogP contribution in [0.15, 0.2) is 53.4 Å². The zero-order chi connectivity index (χ0) is 23.9. The summed E-state index contributed by atoms with van der Waals surface area (Å²) in [6.45, 7) is 6.99. The Morgan fingerprint density at radius 2 is 1.66 bits per heavy atom. The minimum Gasteiger partial charge on any atom is -0.479 e. The van der Waals surface area contributed by atoms with Crippen LogP contribution in [0.2, 0.25) is 5.02 Å². The van der Waals surface area contributed by atoms with E-state index >= 15 is 0 Å². The van der Waals surface area contributed by atoms with Crippen molar-refractivity contribution in [2.45, 2.75) is 44.8 Å². The molecule has 8 nitrogen and oxygen atoms in total. The Balaban J connectivity index is 2.07. The molecule has 0 aromatic heterocycles. The number of sulfonamides is 1. The smallest absolute Gasteiger partial charge is 0.347 e. The molecule has 10 heteroatoms. The third-order valence-electron chi connectivity index (χ3n) is 4.59. The third-order valence-corrected chi connectivity index (χ3v) is 6.96. The van der Waals surface area contributed by atoms with Crippen LogP contribution in [0.1, 0.15) is 27.7 Å². The highest BCUT2D eigenvalue weighted by Crippen LogP contribution is 2.27. The number of para-hydroxylation sites is 1. The SMILES string of the molecule is CCN(CC)S(=O)(=O)c1ccc(Cl)c(NC(=O)C(C)OC(=O)C(C)Oc2ccccc2)c1. The summed E-state index contributed by atoms with van der Waals surface area (Å²) in [5.41, 5.74) is 0.0985. The number of ether oxygens (including phenoxy) is 2. The van der Waals surface area contributed by atoms with Gasteiger partial charge in [-0.15, -0.1) is 0 Å². The van der Waals surface area contributed by atoms with Gasteiger partial charge in [0.25, 0.3) is 5.91 Å². The minimum atomic E-state index is -3.74. The van der Waals surface area contributed by atoms with Crippen LogP contribution in [0, 0.1) is 0 Å². The normalized spacial score (nSPS) is 13.3. The number of benzene rings is 2. The number of rotatable bonds is 10. The monoisotopic (exact) mass is 482 g/mol. The van der Waals surface area contributed by atoms with Crippen LogP contribution < -0.4 is 10.1 Å². The molecule has 174 valence electrons. The van der Waals surface area contributed by atoms with E-state index in [0.29, 0.717) is 18.8 Å². The lowest BCUT2D eigenvalue weighted by Gasteiger charge is -2.20. The summed E-state index contributed by atoms with van der Waals surface area (Å²) in [4.78, 5) is 24.8. The van der Waals surface area contributed by atoms with Gasteiger partial charge in [0, 0.05) is 13.1 Å². The van der Waals surface area contributed by atoms with Crippen molar-refractivity contribution in [2.24, 2.45) is 0 Å². The Kier molecular flexibility index (Phi) is 9.06. The van der Waals surface area contributed by atoms with Gasteiger partial charge in [-0.2, -0.15) is 4.31 Å². The van der Waals surface area contributed by atoms with E-state index in [1.54, 1.807) is 38.1 Å². The molecule has 0 heterocycles. The number of halogens is 1. The molecule has 0 aliphatic rings. The number of hydrogen-bond donors (Lipinski definition) is 1. The number of esters is 1. The lowest BCUT2D eigenvalue weighted by atomic mass is 10.3. The number of carbonyl (C=O) groups is 2. The largest absolute Gasteiger partial charge is 0.479 e. The van der Waals surface area contributed by atoms with Crippen molar-refractivity contribution < 1.29 is 27.5 Å². The Morgan fingerprint density at radius 3 is 2.25 bits per heavy atom. The van der Waals surface area contributed by atoms with Crippen LogP contribution in [0.25, 0.3) is 0 Å². The highest BCUT2D eigenvalue weighted by Gasteiger charge is 2.26. The molecule has 0 aliphatic heterocycles. The first kappa shape index (κ1) is 25.6. The van der Waals surface area contributed by atoms with Gasteiger partial charge in [-0.3, -0.25) is 4.79 Å². The maximum absolute atomic E-state index is 12.7. The second-order valence-corrected chi connectivity index (χ2v) is 9.22. The van der Waals surface area contributed by atoms with Gasteiger partial charge in [-0.05, 0) is 44.2 Å². The van der Waals surface area contributed by atoms with Gasteiger partial charge in [0.15, 0.2) is 12.2 Å². The van der Waals surface area contributed by atoms with Gasteiger partial charge in [0.05, 0.1) is 15.6 Å². The number of carbonyl (C=O) groups excluding carboxylic acids is 2. The van der Waals surface area contributed by atoms with Crippen molar-refractivity contribution in [3.05, 3.63) is 53.6 Å². The van der Waals surface area contributed by atoms with Crippen LogP contribution in [0.3, 0.4) is 0 Å². The summed E-state index contributed by atoms with van der Waals surface area (Å²) in [6, 6.07) is 12.8. The first-order valence-electron chi connectivity index (χ1n) is 10.1. The first-order chi connectivity index (χ1) is 15.1. The molecule has 1 N–H and O–H groups in total. The van der Waals surface area contributed by atoms with E-state index in [1.807, 2.05) is 6.07 Å². The van der Waals surface area contributed by atoms with E-state index in [1.165, 1.54) is 36.4 Å². The topological polar surface area (TPSA) is 102 Å². The lowest BCUT2D eigenvalue weighted by Crippen LogP contribution is -2.35. The quantitative estimate of drug-likeness (QED) is 0.518. The maximum atomic E-state index is 12.7. The summed E-state index contributed by atoms with van der Waals surface area (Å²) in [5, 5.41) is 2.67. The maximum Gasteiger partial charge on any atom is 0.347 e. The van der Waals surface area contributed by atoms with Crippen LogP contribution in [-0.2, 0) is 24.3 Å². The molecule has 32 heavy (non-hydrogen) atoms. The zero-order valence-corrected chi connectivity index (χ0v) is 19.9. The minimum absolute atomic E-state index is 0.00423. The van der Waals surface area contributed by atoms with Gasteiger partial charge >= 0.3 is 5.97 Å². The van der Waals surface area contributed by atoms with E-state index in [4.69, 9.17) is 21.1 Å². The van der Waals surface area contributed by atoms with Gasteiger partial charge < -0.3 is 14.8 Å². The lowest BCUT2D eigenvalue weighted by molar-refractivity contribution is -0.159. The number of hydrogen-bond acceptors (Lipinski definition) is 6. The van der Waals surface area contributed by atoms with Crippen LogP contribution in [-0.4, -0.2) is 49.9 Å². The third kappa shape index (κ3) is 6.44. The van der Waals surface area contributed by atoms with Gasteiger partial charge in [-0.1, -0.05) is 43.6 Å². The fourth-order valence-corrected chi connectivity index (χ4v) is 4.43. The van der Waals surface area contributed by atoms with Crippen molar-refractivity contribution in [1.82, 2.24) is 4.31 Å². The average Bonchev–Trinajstić information content (AvgIpc) is 2.76. The summed E-state index contributed by atoms with van der Waals surface area (Å²) in [6.07, 6.45) is -2.10. The van der Waals surface area contributed by atoms with Crippen LogP contribution in [0.5, 0.6) is 5.75 Å². The summed E-state index contributed by atoms with van der Waals surface area (Å²) in [7, 11) is -3.74. The van der Waals surface area contributed by atoms with Crippen molar-refractivity contribution in [2.75, 3.05) is 18.4 Å². The van der Waals surface area contributed by atoms with Gasteiger partial charge in [0.1, 0.15) is 5.75 Å². The Morgan fingerprint density at radius 1 is 1.03 bits per heavy atom. The summed E-state index contributed by atoms with van der Waals surface area (Å²) < 4.78 is 37.4. The molecule has 2 atom stereocenters. The van der Waals surface area contributed by atoms with E-state index in [-0.39, 0.29) is 15.6 Å². The van der Waals surface area contributed by atoms with E-state index in [0.717, 1.165) is 0 Å². The first-order valence-corrected chi connectivity index (χ1v) is 11.9. The molecule has 2 aromatic carbocycles. The predicted octanol–water partition coefficient (Wildman–Crippen LogP) is 3.71. The molecule has 0 saturated carbocycles. The fraction of sp³-hybridized carbons (Fsp3) is 0.364. The molecule has 0 bridgehead atoms. The van der Waals surface area contributed by atoms with Crippen LogP contribution >= 0.6 is 11.6 Å². The van der Waals surface area contributed by atoms with Gasteiger partial charge in [-0.25, -0.2) is 13.2 Å². The second-order valence-electron chi connectivity index (χ2n) is 6.87.